The standard InChI is InChI=1S/C10H12N2/c1-3-8-4-5-9-10(6-8)12-7(2)11-9/h4-6H,3H2,1-2H3,(H,11,12). The first-order chi connectivity index (χ1) is 5.79. The summed E-state index contributed by atoms with van der Waals surface area (Å²) in [7, 11) is 0. The van der Waals surface area contributed by atoms with Crippen molar-refractivity contribution in [3.63, 3.8) is 0 Å². The molecule has 2 heteroatoms. The molecule has 0 unspecified atom stereocenters. The Hall–Kier alpha value is -1.31. The Bertz CT molecular complexity index is 401. The average Bonchev–Trinajstić information content (AvgIpc) is 2.43. The van der Waals surface area contributed by atoms with Crippen LogP contribution >= 0.6 is 0 Å². The van der Waals surface area contributed by atoms with E-state index in [1.165, 1.54) is 5.56 Å². The Balaban J connectivity index is 2.66. The van der Waals surface area contributed by atoms with E-state index in [1.807, 2.05) is 6.92 Å². The van der Waals surface area contributed by atoms with E-state index >= 15 is 0 Å². The highest BCUT2D eigenvalue weighted by Gasteiger charge is 1.98. The minimum atomic E-state index is 0.984. The molecule has 62 valence electrons. The number of aryl methyl sites for hydroxylation is 2. The number of aromatic amines is 1. The van der Waals surface area contributed by atoms with Gasteiger partial charge in [0.1, 0.15) is 5.82 Å². The van der Waals surface area contributed by atoms with Gasteiger partial charge in [0, 0.05) is 0 Å². The molecule has 0 bridgehead atoms. The summed E-state index contributed by atoms with van der Waals surface area (Å²) in [5.41, 5.74) is 3.55. The zero-order chi connectivity index (χ0) is 8.55. The molecule has 0 spiro atoms. The molecule has 2 aromatic rings. The number of hydrogen-bond donors (Lipinski definition) is 1. The van der Waals surface area contributed by atoms with Gasteiger partial charge in [0.15, 0.2) is 0 Å². The zero-order valence-electron chi connectivity index (χ0n) is 7.39. The molecule has 0 saturated carbocycles. The van der Waals surface area contributed by atoms with E-state index < -0.39 is 0 Å². The molecule has 1 N–H and O–H groups in total. The van der Waals surface area contributed by atoms with Crippen molar-refractivity contribution in [3.8, 4) is 0 Å². The normalized spacial score (nSPS) is 10.8. The number of nitrogens with one attached hydrogen (secondary N) is 1. The van der Waals surface area contributed by atoms with Gasteiger partial charge in [0.25, 0.3) is 0 Å². The lowest BCUT2D eigenvalue weighted by atomic mass is 10.1. The molecule has 12 heavy (non-hydrogen) atoms. The third kappa shape index (κ3) is 1.09. The quantitative estimate of drug-likeness (QED) is 0.682. The summed E-state index contributed by atoms with van der Waals surface area (Å²) in [6.07, 6.45) is 1.07. The van der Waals surface area contributed by atoms with E-state index in [9.17, 15) is 0 Å². The average molecular weight is 160 g/mol. The topological polar surface area (TPSA) is 28.7 Å². The Labute approximate surface area is 71.6 Å². The van der Waals surface area contributed by atoms with Crippen LogP contribution in [0.1, 0.15) is 18.3 Å². The lowest BCUT2D eigenvalue weighted by Crippen LogP contribution is -1.78. The lowest BCUT2D eigenvalue weighted by molar-refractivity contribution is 1.14. The van der Waals surface area contributed by atoms with Gasteiger partial charge in [-0.15, -0.1) is 0 Å². The van der Waals surface area contributed by atoms with E-state index in [0.717, 1.165) is 23.3 Å². The van der Waals surface area contributed by atoms with Crippen molar-refractivity contribution in [2.75, 3.05) is 0 Å². The first-order valence-electron chi connectivity index (χ1n) is 4.25. The number of fused-ring (bicyclic) bond motifs is 1. The molecule has 1 aromatic carbocycles. The second kappa shape index (κ2) is 2.63. The number of hydrogen-bond acceptors (Lipinski definition) is 1. The van der Waals surface area contributed by atoms with Crippen molar-refractivity contribution >= 4 is 11.0 Å². The van der Waals surface area contributed by atoms with Crippen molar-refractivity contribution in [2.45, 2.75) is 20.3 Å². The summed E-state index contributed by atoms with van der Waals surface area (Å²) in [5.74, 6) is 0.984. The van der Waals surface area contributed by atoms with Crippen LogP contribution in [-0.2, 0) is 6.42 Å². The van der Waals surface area contributed by atoms with Gasteiger partial charge in [0.05, 0.1) is 11.0 Å². The molecule has 0 atom stereocenters. The Morgan fingerprint density at radius 3 is 3.00 bits per heavy atom. The molecular formula is C10H12N2. The molecule has 1 aromatic heterocycles. The number of imidazole rings is 1. The van der Waals surface area contributed by atoms with Crippen LogP contribution in [0.2, 0.25) is 0 Å². The van der Waals surface area contributed by atoms with Gasteiger partial charge in [-0.1, -0.05) is 13.0 Å². The van der Waals surface area contributed by atoms with Crippen LogP contribution in [0, 0.1) is 6.92 Å². The van der Waals surface area contributed by atoms with Gasteiger partial charge in [0.2, 0.25) is 0 Å². The van der Waals surface area contributed by atoms with Gasteiger partial charge in [-0.3, -0.25) is 0 Å². The molecule has 1 heterocycles. The largest absolute Gasteiger partial charge is 0.342 e. The predicted molar refractivity (Wildman–Crippen MR) is 50.2 cm³/mol. The van der Waals surface area contributed by atoms with E-state index in [1.54, 1.807) is 0 Å². The lowest BCUT2D eigenvalue weighted by Gasteiger charge is -1.93. The van der Waals surface area contributed by atoms with Crippen LogP contribution in [0.25, 0.3) is 11.0 Å². The number of aromatic nitrogens is 2. The molecular weight excluding hydrogens is 148 g/mol. The van der Waals surface area contributed by atoms with Gasteiger partial charge in [-0.25, -0.2) is 4.98 Å². The molecule has 2 nitrogen and oxygen atoms in total. The molecule has 0 aliphatic rings. The fraction of sp³-hybridized carbons (Fsp3) is 0.300. The van der Waals surface area contributed by atoms with Crippen molar-refractivity contribution in [1.82, 2.24) is 9.97 Å². The summed E-state index contributed by atoms with van der Waals surface area (Å²) in [6, 6.07) is 6.37. The van der Waals surface area contributed by atoms with Gasteiger partial charge < -0.3 is 4.98 Å². The van der Waals surface area contributed by atoms with Gasteiger partial charge in [-0.05, 0) is 31.0 Å². The first-order valence-corrected chi connectivity index (χ1v) is 4.25. The fourth-order valence-corrected chi connectivity index (χ4v) is 1.40. The van der Waals surface area contributed by atoms with Crippen molar-refractivity contribution in [2.24, 2.45) is 0 Å². The minimum Gasteiger partial charge on any atom is -0.342 e. The van der Waals surface area contributed by atoms with Crippen LogP contribution in [-0.4, -0.2) is 9.97 Å². The summed E-state index contributed by atoms with van der Waals surface area (Å²) in [4.78, 5) is 7.56. The summed E-state index contributed by atoms with van der Waals surface area (Å²) >= 11 is 0. The Kier molecular flexibility index (Phi) is 1.61. The van der Waals surface area contributed by atoms with Gasteiger partial charge >= 0.3 is 0 Å². The summed E-state index contributed by atoms with van der Waals surface area (Å²) in [6.45, 7) is 4.13. The molecule has 0 aliphatic heterocycles. The maximum atomic E-state index is 4.37. The van der Waals surface area contributed by atoms with Crippen LogP contribution in [0.4, 0.5) is 0 Å². The predicted octanol–water partition coefficient (Wildman–Crippen LogP) is 2.43. The highest BCUT2D eigenvalue weighted by Crippen LogP contribution is 2.13. The summed E-state index contributed by atoms with van der Waals surface area (Å²) in [5, 5.41) is 0. The van der Waals surface area contributed by atoms with E-state index in [-0.39, 0.29) is 0 Å². The van der Waals surface area contributed by atoms with Crippen molar-refractivity contribution in [1.29, 1.82) is 0 Å². The third-order valence-electron chi connectivity index (χ3n) is 2.07. The van der Waals surface area contributed by atoms with Crippen molar-refractivity contribution < 1.29 is 0 Å². The highest BCUT2D eigenvalue weighted by molar-refractivity contribution is 5.75. The van der Waals surface area contributed by atoms with Gasteiger partial charge in [-0.2, -0.15) is 0 Å². The van der Waals surface area contributed by atoms with E-state index in [0.29, 0.717) is 0 Å². The highest BCUT2D eigenvalue weighted by atomic mass is 14.9. The Morgan fingerprint density at radius 1 is 1.42 bits per heavy atom. The molecule has 2 rings (SSSR count). The molecule has 0 aliphatic carbocycles. The molecule has 0 amide bonds. The number of H-pyrrole nitrogens is 1. The molecule has 0 radical (unpaired) electrons. The zero-order valence-corrected chi connectivity index (χ0v) is 7.39. The second-order valence-electron chi connectivity index (χ2n) is 3.03. The minimum absolute atomic E-state index is 0.984. The monoisotopic (exact) mass is 160 g/mol. The maximum absolute atomic E-state index is 4.37. The van der Waals surface area contributed by atoms with Crippen LogP contribution < -0.4 is 0 Å². The van der Waals surface area contributed by atoms with E-state index in [4.69, 9.17) is 0 Å². The van der Waals surface area contributed by atoms with Crippen LogP contribution in [0.15, 0.2) is 18.2 Å². The fourth-order valence-electron chi connectivity index (χ4n) is 1.40. The summed E-state index contributed by atoms with van der Waals surface area (Å²) < 4.78 is 0. The number of benzene rings is 1. The first kappa shape index (κ1) is 7.35. The maximum Gasteiger partial charge on any atom is 0.104 e. The molecule has 0 saturated heterocycles. The van der Waals surface area contributed by atoms with Crippen molar-refractivity contribution in [3.05, 3.63) is 29.6 Å². The van der Waals surface area contributed by atoms with Crippen LogP contribution in [0.5, 0.6) is 0 Å². The van der Waals surface area contributed by atoms with E-state index in [2.05, 4.69) is 35.1 Å². The smallest absolute Gasteiger partial charge is 0.104 e. The SMILES string of the molecule is CCc1ccc2[nH]c(C)nc2c1. The second-order valence-corrected chi connectivity index (χ2v) is 3.03. The number of nitrogens with zero attached hydrogens (tertiary/aromatic N) is 1. The Morgan fingerprint density at radius 2 is 2.25 bits per heavy atom. The van der Waals surface area contributed by atoms with Crippen LogP contribution in [0.3, 0.4) is 0 Å². The molecule has 0 fully saturated rings. The third-order valence-corrected chi connectivity index (χ3v) is 2.07. The number of rotatable bonds is 1.